The minimum absolute atomic E-state index is 0.127. The summed E-state index contributed by atoms with van der Waals surface area (Å²) < 4.78 is 8.07. The van der Waals surface area contributed by atoms with E-state index in [9.17, 15) is 0 Å². The first-order valence-corrected chi connectivity index (χ1v) is 9.19. The van der Waals surface area contributed by atoms with Crippen LogP contribution in [0.1, 0.15) is 63.8 Å². The monoisotopic (exact) mass is 342 g/mol. The Morgan fingerprint density at radius 3 is 2.64 bits per heavy atom. The minimum Gasteiger partial charge on any atom is -0.375 e. The van der Waals surface area contributed by atoms with Crippen molar-refractivity contribution in [3.05, 3.63) is 29.6 Å². The highest BCUT2D eigenvalue weighted by Crippen LogP contribution is 2.37. The molecule has 0 aromatic carbocycles. The Hall–Kier alpha value is -1.88. The fourth-order valence-corrected chi connectivity index (χ4v) is 3.16. The van der Waals surface area contributed by atoms with Crippen LogP contribution in [0.5, 0.6) is 0 Å². The van der Waals surface area contributed by atoms with Crippen LogP contribution in [0.15, 0.2) is 18.3 Å². The van der Waals surface area contributed by atoms with E-state index in [2.05, 4.69) is 50.2 Å². The highest BCUT2D eigenvalue weighted by atomic mass is 16.5. The van der Waals surface area contributed by atoms with E-state index in [0.29, 0.717) is 12.6 Å². The Kier molecular flexibility index (Phi) is 4.87. The van der Waals surface area contributed by atoms with Gasteiger partial charge in [-0.15, -0.1) is 0 Å². The molecule has 0 aliphatic heterocycles. The first-order valence-electron chi connectivity index (χ1n) is 9.19. The molecule has 2 aromatic rings. The molecule has 1 saturated carbocycles. The number of imidazole rings is 1. The molecule has 0 saturated heterocycles. The summed E-state index contributed by atoms with van der Waals surface area (Å²) >= 11 is 0. The largest absolute Gasteiger partial charge is 0.375 e. The van der Waals surface area contributed by atoms with Gasteiger partial charge in [0.05, 0.1) is 12.2 Å². The Bertz CT molecular complexity index is 781. The van der Waals surface area contributed by atoms with E-state index in [0.717, 1.165) is 34.9 Å². The van der Waals surface area contributed by atoms with E-state index >= 15 is 0 Å². The van der Waals surface area contributed by atoms with Crippen LogP contribution < -0.4 is 5.32 Å². The molecule has 0 unspecified atom stereocenters. The van der Waals surface area contributed by atoms with Crippen molar-refractivity contribution in [2.75, 3.05) is 11.9 Å². The molecule has 1 N–H and O–H groups in total. The van der Waals surface area contributed by atoms with Crippen molar-refractivity contribution in [3.8, 4) is 0 Å². The lowest BCUT2D eigenvalue weighted by molar-refractivity contribution is -0.000838. The third kappa shape index (κ3) is 4.03. The summed E-state index contributed by atoms with van der Waals surface area (Å²) in [4.78, 5) is 9.61. The fraction of sp³-hybridized carbons (Fsp3) is 0.600. The lowest BCUT2D eigenvalue weighted by Crippen LogP contribution is -2.21. The van der Waals surface area contributed by atoms with Gasteiger partial charge in [-0.05, 0) is 65.5 Å². The maximum Gasteiger partial charge on any atom is 0.209 e. The molecule has 2 heterocycles. The zero-order valence-corrected chi connectivity index (χ0v) is 16.1. The third-order valence-electron chi connectivity index (χ3n) is 4.63. The molecule has 3 rings (SSSR count). The van der Waals surface area contributed by atoms with Crippen LogP contribution in [-0.4, -0.2) is 26.7 Å². The van der Waals surface area contributed by atoms with Crippen molar-refractivity contribution in [1.82, 2.24) is 14.5 Å². The number of hydrogen-bond donors (Lipinski definition) is 1. The van der Waals surface area contributed by atoms with Gasteiger partial charge in [-0.25, -0.2) is 9.97 Å². The number of ether oxygens (including phenoxy) is 1. The smallest absolute Gasteiger partial charge is 0.209 e. The number of hydrogen-bond acceptors (Lipinski definition) is 4. The normalized spacial score (nSPS) is 15.4. The van der Waals surface area contributed by atoms with Crippen LogP contribution in [0.2, 0.25) is 0 Å². The molecule has 1 fully saturated rings. The van der Waals surface area contributed by atoms with Crippen molar-refractivity contribution in [2.24, 2.45) is 0 Å². The zero-order valence-electron chi connectivity index (χ0n) is 16.1. The maximum absolute atomic E-state index is 5.80. The topological polar surface area (TPSA) is 52.0 Å². The van der Waals surface area contributed by atoms with Gasteiger partial charge in [-0.1, -0.05) is 6.58 Å². The molecular formula is C20H30N4O. The van der Waals surface area contributed by atoms with Crippen LogP contribution in [0.3, 0.4) is 0 Å². The van der Waals surface area contributed by atoms with Crippen molar-refractivity contribution < 1.29 is 4.74 Å². The molecule has 0 amide bonds. The van der Waals surface area contributed by atoms with Crippen molar-refractivity contribution in [1.29, 1.82) is 0 Å². The lowest BCUT2D eigenvalue weighted by Gasteiger charge is -2.29. The summed E-state index contributed by atoms with van der Waals surface area (Å²) in [5.41, 5.74) is 4.98. The Morgan fingerprint density at radius 1 is 1.32 bits per heavy atom. The molecular weight excluding hydrogens is 312 g/mol. The number of anilines is 1. The molecule has 25 heavy (non-hydrogen) atoms. The van der Waals surface area contributed by atoms with Gasteiger partial charge in [0.15, 0.2) is 5.65 Å². The van der Waals surface area contributed by atoms with E-state index in [-0.39, 0.29) is 5.60 Å². The first-order chi connectivity index (χ1) is 11.7. The number of aromatic nitrogens is 3. The SMILES string of the molecule is C=C(CCOC(C)(C)C)Nc1nc2c(C)cc(C)nc2n1C1CCC1. The van der Waals surface area contributed by atoms with E-state index in [1.807, 2.05) is 6.92 Å². The van der Waals surface area contributed by atoms with Crippen molar-refractivity contribution in [2.45, 2.75) is 71.9 Å². The minimum atomic E-state index is -0.127. The van der Waals surface area contributed by atoms with Gasteiger partial charge in [0.25, 0.3) is 0 Å². The summed E-state index contributed by atoms with van der Waals surface area (Å²) in [6.45, 7) is 15.1. The number of aryl methyl sites for hydroxylation is 2. The van der Waals surface area contributed by atoms with Crippen LogP contribution in [0, 0.1) is 13.8 Å². The molecule has 5 heteroatoms. The van der Waals surface area contributed by atoms with Gasteiger partial charge in [0.2, 0.25) is 5.95 Å². The molecule has 0 radical (unpaired) electrons. The molecule has 136 valence electrons. The Morgan fingerprint density at radius 2 is 2.04 bits per heavy atom. The van der Waals surface area contributed by atoms with Gasteiger partial charge in [-0.3, -0.25) is 4.57 Å². The van der Waals surface area contributed by atoms with Crippen LogP contribution in [0.4, 0.5) is 5.95 Å². The molecule has 5 nitrogen and oxygen atoms in total. The highest BCUT2D eigenvalue weighted by molar-refractivity contribution is 5.79. The maximum atomic E-state index is 5.80. The predicted octanol–water partition coefficient (Wildman–Crippen LogP) is 4.90. The van der Waals surface area contributed by atoms with E-state index < -0.39 is 0 Å². The zero-order chi connectivity index (χ0) is 18.2. The lowest BCUT2D eigenvalue weighted by atomic mass is 9.93. The summed E-state index contributed by atoms with van der Waals surface area (Å²) in [5.74, 6) is 0.863. The van der Waals surface area contributed by atoms with Crippen LogP contribution in [-0.2, 0) is 4.74 Å². The van der Waals surface area contributed by atoms with E-state index in [1.165, 1.54) is 24.8 Å². The van der Waals surface area contributed by atoms with Crippen LogP contribution >= 0.6 is 0 Å². The summed E-state index contributed by atoms with van der Waals surface area (Å²) in [6, 6.07) is 2.58. The standard InChI is InChI=1S/C20H30N4O/c1-13-12-15(3)21-18-17(13)23-19(24(18)16-8-7-9-16)22-14(2)10-11-25-20(4,5)6/h12,16H,2,7-11H2,1,3-6H3,(H,22,23). The first kappa shape index (κ1) is 17.9. The van der Waals surface area contributed by atoms with E-state index in [4.69, 9.17) is 14.7 Å². The number of rotatable bonds is 6. The molecule has 1 aliphatic rings. The molecule has 2 aromatic heterocycles. The summed E-state index contributed by atoms with van der Waals surface area (Å²) in [7, 11) is 0. The fourth-order valence-electron chi connectivity index (χ4n) is 3.16. The van der Waals surface area contributed by atoms with E-state index in [1.54, 1.807) is 0 Å². The van der Waals surface area contributed by atoms with Gasteiger partial charge >= 0.3 is 0 Å². The highest BCUT2D eigenvalue weighted by Gasteiger charge is 2.26. The quantitative estimate of drug-likeness (QED) is 0.811. The second-order valence-corrected chi connectivity index (χ2v) is 8.08. The molecule has 1 aliphatic carbocycles. The average molecular weight is 342 g/mol. The third-order valence-corrected chi connectivity index (χ3v) is 4.63. The van der Waals surface area contributed by atoms with Crippen LogP contribution in [0.25, 0.3) is 11.2 Å². The summed E-state index contributed by atoms with van der Waals surface area (Å²) in [5, 5.41) is 3.42. The van der Waals surface area contributed by atoms with Gasteiger partial charge in [-0.2, -0.15) is 0 Å². The van der Waals surface area contributed by atoms with Gasteiger partial charge < -0.3 is 10.1 Å². The predicted molar refractivity (Wildman–Crippen MR) is 103 cm³/mol. The second kappa shape index (κ2) is 6.79. The number of nitrogens with zero attached hydrogens (tertiary/aromatic N) is 3. The molecule has 0 bridgehead atoms. The Balaban J connectivity index is 1.83. The van der Waals surface area contributed by atoms with Gasteiger partial charge in [0, 0.05) is 23.9 Å². The number of fused-ring (bicyclic) bond motifs is 1. The Labute approximate surface area is 150 Å². The number of pyridine rings is 1. The average Bonchev–Trinajstić information content (AvgIpc) is 2.75. The summed E-state index contributed by atoms with van der Waals surface area (Å²) in [6.07, 6.45) is 4.41. The number of nitrogens with one attached hydrogen (secondary N) is 1. The van der Waals surface area contributed by atoms with Gasteiger partial charge in [0.1, 0.15) is 5.52 Å². The molecule has 0 spiro atoms. The van der Waals surface area contributed by atoms with Crippen molar-refractivity contribution >= 4 is 17.1 Å². The molecule has 0 atom stereocenters. The van der Waals surface area contributed by atoms with Crippen molar-refractivity contribution in [3.63, 3.8) is 0 Å². The second-order valence-electron chi connectivity index (χ2n) is 8.08.